The van der Waals surface area contributed by atoms with E-state index >= 15 is 0 Å². The molecule has 0 saturated heterocycles. The fourth-order valence-electron chi connectivity index (χ4n) is 1.23. The highest BCUT2D eigenvalue weighted by Crippen LogP contribution is 2.21. The van der Waals surface area contributed by atoms with Gasteiger partial charge in [0.05, 0.1) is 12.8 Å². The van der Waals surface area contributed by atoms with Gasteiger partial charge in [0, 0.05) is 18.4 Å². The minimum atomic E-state index is -0.281. The summed E-state index contributed by atoms with van der Waals surface area (Å²) in [6.07, 6.45) is 4.73. The lowest BCUT2D eigenvalue weighted by atomic mass is 10.3. The number of aromatic nitrogens is 3. The molecule has 0 bridgehead atoms. The van der Waals surface area contributed by atoms with Crippen molar-refractivity contribution in [3.63, 3.8) is 0 Å². The maximum absolute atomic E-state index is 11.8. The number of carbonyl (C=O) groups excluding carboxylic acids is 1. The Morgan fingerprint density at radius 2 is 2.17 bits per heavy atom. The predicted molar refractivity (Wildman–Crippen MR) is 67.2 cm³/mol. The number of rotatable bonds is 4. The Balaban J connectivity index is 2.13. The van der Waals surface area contributed by atoms with Crippen molar-refractivity contribution in [3.8, 4) is 10.8 Å². The zero-order chi connectivity index (χ0) is 13.0. The zero-order valence-electron chi connectivity index (χ0n) is 9.70. The molecule has 0 fully saturated rings. The Hall–Kier alpha value is -1.86. The molecule has 0 saturated carbocycles. The second kappa shape index (κ2) is 5.65. The van der Waals surface area contributed by atoms with Crippen LogP contribution in [0.15, 0.2) is 24.7 Å². The van der Waals surface area contributed by atoms with Crippen LogP contribution in [-0.4, -0.2) is 38.6 Å². The number of hydrogen-bond acceptors (Lipinski definition) is 6. The van der Waals surface area contributed by atoms with Gasteiger partial charge in [-0.15, -0.1) is 11.3 Å². The van der Waals surface area contributed by atoms with Crippen LogP contribution in [0, 0.1) is 0 Å². The Morgan fingerprint density at radius 1 is 1.44 bits per heavy atom. The van der Waals surface area contributed by atoms with E-state index in [4.69, 9.17) is 5.11 Å². The van der Waals surface area contributed by atoms with Gasteiger partial charge in [-0.2, -0.15) is 0 Å². The number of carbonyl (C=O) groups is 1. The monoisotopic (exact) mass is 264 g/mol. The average Bonchev–Trinajstić information content (AvgIpc) is 2.89. The summed E-state index contributed by atoms with van der Waals surface area (Å²) in [4.78, 5) is 24.5. The summed E-state index contributed by atoms with van der Waals surface area (Å²) in [6, 6.07) is 1.43. The molecule has 0 aromatic carbocycles. The van der Waals surface area contributed by atoms with Crippen molar-refractivity contribution >= 4 is 17.2 Å². The molecule has 2 heterocycles. The summed E-state index contributed by atoms with van der Waals surface area (Å²) in [6.45, 7) is 1.62. The van der Waals surface area contributed by atoms with Gasteiger partial charge in [-0.3, -0.25) is 4.79 Å². The van der Waals surface area contributed by atoms with Crippen molar-refractivity contribution in [2.24, 2.45) is 0 Å². The molecule has 1 amide bonds. The van der Waals surface area contributed by atoms with Gasteiger partial charge < -0.3 is 10.4 Å². The Kier molecular flexibility index (Phi) is 3.96. The molecule has 6 nitrogen and oxygen atoms in total. The first-order chi connectivity index (χ1) is 8.70. The van der Waals surface area contributed by atoms with Crippen molar-refractivity contribution in [1.82, 2.24) is 20.3 Å². The number of nitrogens with zero attached hydrogens (tertiary/aromatic N) is 3. The van der Waals surface area contributed by atoms with Crippen LogP contribution in [-0.2, 0) is 0 Å². The molecule has 2 aromatic heterocycles. The Labute approximate surface area is 108 Å². The number of amides is 1. The molecule has 94 valence electrons. The van der Waals surface area contributed by atoms with E-state index in [0.717, 1.165) is 0 Å². The number of thiazole rings is 1. The first-order valence-corrected chi connectivity index (χ1v) is 6.17. The van der Waals surface area contributed by atoms with Crippen LogP contribution in [0.25, 0.3) is 10.8 Å². The van der Waals surface area contributed by atoms with Gasteiger partial charge in [0.2, 0.25) is 0 Å². The van der Waals surface area contributed by atoms with E-state index < -0.39 is 0 Å². The highest BCUT2D eigenvalue weighted by atomic mass is 32.1. The van der Waals surface area contributed by atoms with E-state index in [9.17, 15) is 4.79 Å². The summed E-state index contributed by atoms with van der Waals surface area (Å²) in [5.41, 5.74) is 0. The Morgan fingerprint density at radius 3 is 2.83 bits per heavy atom. The minimum absolute atomic E-state index is 0.0980. The maximum Gasteiger partial charge on any atom is 0.263 e. The molecule has 0 aliphatic carbocycles. The SMILES string of the molecule is CC(CO)NC(=O)c1cnc(-c2ncccn2)s1. The minimum Gasteiger partial charge on any atom is -0.394 e. The summed E-state index contributed by atoms with van der Waals surface area (Å²) in [5, 5.41) is 12.1. The zero-order valence-corrected chi connectivity index (χ0v) is 10.5. The molecule has 0 radical (unpaired) electrons. The van der Waals surface area contributed by atoms with E-state index in [1.54, 1.807) is 25.4 Å². The van der Waals surface area contributed by atoms with E-state index in [2.05, 4.69) is 20.3 Å². The molecule has 0 spiro atoms. The summed E-state index contributed by atoms with van der Waals surface area (Å²) >= 11 is 1.22. The maximum atomic E-state index is 11.8. The van der Waals surface area contributed by atoms with Crippen LogP contribution in [0.4, 0.5) is 0 Å². The van der Waals surface area contributed by atoms with Crippen molar-refractivity contribution in [1.29, 1.82) is 0 Å². The molecule has 18 heavy (non-hydrogen) atoms. The first-order valence-electron chi connectivity index (χ1n) is 5.35. The number of aliphatic hydroxyl groups excluding tert-OH is 1. The quantitative estimate of drug-likeness (QED) is 0.849. The largest absolute Gasteiger partial charge is 0.394 e. The molecule has 7 heteroatoms. The molecule has 0 aliphatic heterocycles. The van der Waals surface area contributed by atoms with Crippen LogP contribution in [0.5, 0.6) is 0 Å². The van der Waals surface area contributed by atoms with Crippen molar-refractivity contribution in [2.75, 3.05) is 6.61 Å². The topological polar surface area (TPSA) is 88.0 Å². The van der Waals surface area contributed by atoms with Gasteiger partial charge in [0.1, 0.15) is 4.88 Å². The van der Waals surface area contributed by atoms with Gasteiger partial charge in [0.15, 0.2) is 10.8 Å². The third-order valence-electron chi connectivity index (χ3n) is 2.14. The van der Waals surface area contributed by atoms with Crippen molar-refractivity contribution in [2.45, 2.75) is 13.0 Å². The van der Waals surface area contributed by atoms with Gasteiger partial charge in [0.25, 0.3) is 5.91 Å². The number of hydrogen-bond donors (Lipinski definition) is 2. The highest BCUT2D eigenvalue weighted by Gasteiger charge is 2.14. The number of nitrogens with one attached hydrogen (secondary N) is 1. The summed E-state index contributed by atoms with van der Waals surface area (Å²) in [7, 11) is 0. The normalized spacial score (nSPS) is 12.1. The van der Waals surface area contributed by atoms with Gasteiger partial charge in [-0.05, 0) is 13.0 Å². The lowest BCUT2D eigenvalue weighted by Gasteiger charge is -2.08. The van der Waals surface area contributed by atoms with Crippen LogP contribution in [0.1, 0.15) is 16.6 Å². The lowest BCUT2D eigenvalue weighted by molar-refractivity contribution is 0.0926. The predicted octanol–water partition coefficient (Wildman–Crippen LogP) is 0.711. The van der Waals surface area contributed by atoms with Crippen molar-refractivity contribution in [3.05, 3.63) is 29.5 Å². The fourth-order valence-corrected chi connectivity index (χ4v) is 2.00. The molecule has 2 N–H and O–H groups in total. The van der Waals surface area contributed by atoms with E-state index in [0.29, 0.717) is 15.7 Å². The average molecular weight is 264 g/mol. The third kappa shape index (κ3) is 2.88. The molecule has 2 rings (SSSR count). The van der Waals surface area contributed by atoms with E-state index in [-0.39, 0.29) is 18.6 Å². The van der Waals surface area contributed by atoms with Crippen molar-refractivity contribution < 1.29 is 9.90 Å². The first kappa shape index (κ1) is 12.6. The summed E-state index contributed by atoms with van der Waals surface area (Å²) in [5.74, 6) is 0.244. The van der Waals surface area contributed by atoms with Crippen LogP contribution in [0.3, 0.4) is 0 Å². The van der Waals surface area contributed by atoms with E-state index in [1.807, 2.05) is 0 Å². The highest BCUT2D eigenvalue weighted by molar-refractivity contribution is 7.16. The fraction of sp³-hybridized carbons (Fsp3) is 0.273. The molecule has 1 atom stereocenters. The smallest absolute Gasteiger partial charge is 0.263 e. The molecule has 2 aromatic rings. The van der Waals surface area contributed by atoms with Gasteiger partial charge in [-0.1, -0.05) is 0 Å². The van der Waals surface area contributed by atoms with Gasteiger partial charge >= 0.3 is 0 Å². The standard InChI is InChI=1S/C11H12N4O2S/c1-7(6-16)15-10(17)8-5-14-11(18-8)9-12-3-2-4-13-9/h2-5,7,16H,6H2,1H3,(H,15,17). The molecular weight excluding hydrogens is 252 g/mol. The molecular formula is C11H12N4O2S. The third-order valence-corrected chi connectivity index (χ3v) is 3.13. The second-order valence-corrected chi connectivity index (χ2v) is 4.69. The second-order valence-electron chi connectivity index (χ2n) is 3.66. The number of aliphatic hydroxyl groups is 1. The van der Waals surface area contributed by atoms with Crippen LogP contribution >= 0.6 is 11.3 Å². The summed E-state index contributed by atoms with van der Waals surface area (Å²) < 4.78 is 0. The van der Waals surface area contributed by atoms with E-state index in [1.165, 1.54) is 17.5 Å². The van der Waals surface area contributed by atoms with Crippen LogP contribution < -0.4 is 5.32 Å². The lowest BCUT2D eigenvalue weighted by Crippen LogP contribution is -2.34. The Bertz CT molecular complexity index is 529. The molecule has 1 unspecified atom stereocenters. The van der Waals surface area contributed by atoms with Crippen LogP contribution in [0.2, 0.25) is 0 Å². The molecule has 0 aliphatic rings. The van der Waals surface area contributed by atoms with Gasteiger partial charge in [-0.25, -0.2) is 15.0 Å².